The minimum atomic E-state index is -0.203. The highest BCUT2D eigenvalue weighted by molar-refractivity contribution is 6.32. The first-order valence-corrected chi connectivity index (χ1v) is 19.4. The van der Waals surface area contributed by atoms with Gasteiger partial charge in [-0.1, -0.05) is 47.1 Å². The van der Waals surface area contributed by atoms with Crippen LogP contribution in [-0.4, -0.2) is 64.4 Å². The second-order valence-corrected chi connectivity index (χ2v) is 15.2. The summed E-state index contributed by atoms with van der Waals surface area (Å²) in [5.41, 5.74) is 8.51. The normalized spacial score (nSPS) is 15.7. The Bertz CT molecular complexity index is 2140. The maximum absolute atomic E-state index is 9.82. The Balaban J connectivity index is 1.05. The van der Waals surface area contributed by atoms with Gasteiger partial charge in [0.25, 0.3) is 0 Å². The number of rotatable bonds is 17. The number of likely N-dealkylation sites (tertiary alicyclic amines) is 1. The van der Waals surface area contributed by atoms with Crippen LogP contribution in [0.15, 0.2) is 77.6 Å². The Morgan fingerprint density at radius 1 is 0.909 bits per heavy atom. The molecule has 7 rings (SSSR count). The van der Waals surface area contributed by atoms with Crippen molar-refractivity contribution < 1.29 is 23.8 Å². The molecule has 2 aromatic heterocycles. The average Bonchev–Trinajstić information content (AvgIpc) is 3.79. The Kier molecular flexibility index (Phi) is 12.3. The number of benzene rings is 3. The minimum absolute atomic E-state index is 0.203. The molecule has 2 aliphatic rings. The first-order valence-electron chi connectivity index (χ1n) is 19.0. The van der Waals surface area contributed by atoms with Crippen molar-refractivity contribution in [1.82, 2.24) is 19.9 Å². The third-order valence-electron chi connectivity index (χ3n) is 10.4. The van der Waals surface area contributed by atoms with Gasteiger partial charge in [0.1, 0.15) is 42.3 Å². The van der Waals surface area contributed by atoms with Crippen molar-refractivity contribution in [2.45, 2.75) is 77.9 Å². The van der Waals surface area contributed by atoms with E-state index in [-0.39, 0.29) is 12.7 Å². The minimum Gasteiger partial charge on any atom is -0.493 e. The van der Waals surface area contributed by atoms with E-state index in [1.807, 2.05) is 31.3 Å². The summed E-state index contributed by atoms with van der Waals surface area (Å²) in [4.78, 5) is 8.63. The van der Waals surface area contributed by atoms with E-state index in [0.29, 0.717) is 54.3 Å². The number of nitrogens with zero attached hydrogens (tertiary/aromatic N) is 5. The number of halogens is 1. The third kappa shape index (κ3) is 9.85. The van der Waals surface area contributed by atoms with Crippen LogP contribution < -0.4 is 14.2 Å². The molecule has 0 radical (unpaired) electrons. The van der Waals surface area contributed by atoms with Gasteiger partial charge in [0.05, 0.1) is 29.0 Å². The van der Waals surface area contributed by atoms with Crippen LogP contribution in [0.5, 0.6) is 17.2 Å². The van der Waals surface area contributed by atoms with Gasteiger partial charge >= 0.3 is 0 Å². The molecule has 3 aromatic carbocycles. The monoisotopic (exact) mass is 761 g/mol. The van der Waals surface area contributed by atoms with Crippen molar-refractivity contribution in [2.75, 3.05) is 33.3 Å². The first-order chi connectivity index (χ1) is 26.7. The molecule has 1 saturated carbocycles. The maximum Gasteiger partial charge on any atom is 0.142 e. The summed E-state index contributed by atoms with van der Waals surface area (Å²) in [7, 11) is 2.02. The van der Waals surface area contributed by atoms with Gasteiger partial charge in [-0.25, -0.2) is 0 Å². The van der Waals surface area contributed by atoms with Crippen LogP contribution in [-0.2, 0) is 26.3 Å². The summed E-state index contributed by atoms with van der Waals surface area (Å²) in [6.45, 7) is 9.15. The molecule has 1 aliphatic carbocycles. The second-order valence-electron chi connectivity index (χ2n) is 14.8. The lowest BCUT2D eigenvalue weighted by atomic mass is 9.93. The van der Waals surface area contributed by atoms with Crippen LogP contribution in [0, 0.1) is 25.2 Å². The Labute approximate surface area is 328 Å². The van der Waals surface area contributed by atoms with Crippen molar-refractivity contribution in [3.05, 3.63) is 123 Å². The highest BCUT2D eigenvalue weighted by atomic mass is 35.5. The molecule has 11 heteroatoms. The summed E-state index contributed by atoms with van der Waals surface area (Å²) in [5, 5.41) is 24.0. The van der Waals surface area contributed by atoms with E-state index in [1.165, 1.54) is 6.20 Å². The zero-order valence-corrected chi connectivity index (χ0v) is 32.5. The number of pyridine rings is 1. The van der Waals surface area contributed by atoms with Crippen molar-refractivity contribution in [1.29, 1.82) is 5.26 Å². The summed E-state index contributed by atoms with van der Waals surface area (Å²) in [6, 6.07) is 22.2. The van der Waals surface area contributed by atoms with Gasteiger partial charge in [-0.15, -0.1) is 0 Å². The molecule has 1 atom stereocenters. The number of hydrogen-bond donors (Lipinski definition) is 1. The number of nitriles is 1. The molecule has 0 amide bonds. The highest BCUT2D eigenvalue weighted by Gasteiger charge is 2.28. The zero-order valence-electron chi connectivity index (χ0n) is 31.8. The lowest BCUT2D eigenvalue weighted by Gasteiger charge is -2.20. The average molecular weight is 762 g/mol. The SMILES string of the molecule is Cc1c(COc2cc(OCc3cncc(C#N)c3)c(CN(C)Cc3cc(C4CC4)on3)cc2Cl)cccc1-c1cccc(OCCCN2CCC(O)C2)c1C. The molecule has 3 heterocycles. The molecule has 1 aliphatic heterocycles. The molecule has 286 valence electrons. The molecular formula is C44H48ClN5O5. The third-order valence-corrected chi connectivity index (χ3v) is 10.7. The topological polar surface area (TPSA) is 117 Å². The van der Waals surface area contributed by atoms with Crippen LogP contribution in [0.25, 0.3) is 11.1 Å². The van der Waals surface area contributed by atoms with Gasteiger partial charge in [0.15, 0.2) is 0 Å². The molecule has 55 heavy (non-hydrogen) atoms. The second kappa shape index (κ2) is 17.7. The molecule has 0 bridgehead atoms. The summed E-state index contributed by atoms with van der Waals surface area (Å²) >= 11 is 6.91. The zero-order chi connectivity index (χ0) is 38.3. The van der Waals surface area contributed by atoms with Crippen molar-refractivity contribution >= 4 is 11.6 Å². The van der Waals surface area contributed by atoms with Crippen molar-refractivity contribution in [3.63, 3.8) is 0 Å². The molecule has 0 spiro atoms. The number of β-amino-alcohol motifs (C(OH)–C–C–N with tert-alkyl or cyclic N) is 1. The van der Waals surface area contributed by atoms with Gasteiger partial charge in [0.2, 0.25) is 0 Å². The molecular weight excluding hydrogens is 714 g/mol. The van der Waals surface area contributed by atoms with Gasteiger partial charge in [-0.3, -0.25) is 9.88 Å². The van der Waals surface area contributed by atoms with E-state index in [9.17, 15) is 10.4 Å². The molecule has 10 nitrogen and oxygen atoms in total. The number of aliphatic hydroxyl groups is 1. The van der Waals surface area contributed by atoms with Gasteiger partial charge in [-0.2, -0.15) is 5.26 Å². The van der Waals surface area contributed by atoms with Crippen molar-refractivity contribution in [3.8, 4) is 34.4 Å². The predicted octanol–water partition coefficient (Wildman–Crippen LogP) is 8.38. The van der Waals surface area contributed by atoms with Gasteiger partial charge in [-0.05, 0) is 92.6 Å². The lowest BCUT2D eigenvalue weighted by molar-refractivity contribution is 0.173. The predicted molar refractivity (Wildman–Crippen MR) is 211 cm³/mol. The van der Waals surface area contributed by atoms with Crippen LogP contribution >= 0.6 is 11.6 Å². The fourth-order valence-electron chi connectivity index (χ4n) is 7.15. The molecule has 1 N–H and O–H groups in total. The van der Waals surface area contributed by atoms with E-state index in [2.05, 4.69) is 70.2 Å². The quantitative estimate of drug-likeness (QED) is 0.0927. The number of aromatic nitrogens is 2. The highest BCUT2D eigenvalue weighted by Crippen LogP contribution is 2.40. The summed E-state index contributed by atoms with van der Waals surface area (Å²) < 4.78 is 24.6. The van der Waals surface area contributed by atoms with Crippen LogP contribution in [0.4, 0.5) is 0 Å². The standard InChI is InChI=1S/C44H48ClN5O5/c1-29-34(7-4-8-38(29)39-9-5-10-41(30(39)2)52-16-6-14-50-15-13-37(51)26-50)28-54-44-20-42(53-27-32-17-31(21-46)22-47-23-32)35(18-40(44)45)24-49(3)25-36-19-43(55-48-36)33-11-12-33/h4-5,7-10,17-20,22-23,33,37,51H,6,11-16,24-28H2,1-3H3. The van der Waals surface area contributed by atoms with Crippen molar-refractivity contribution in [2.24, 2.45) is 0 Å². The largest absolute Gasteiger partial charge is 0.493 e. The number of hydrogen-bond acceptors (Lipinski definition) is 10. The van der Waals surface area contributed by atoms with E-state index >= 15 is 0 Å². The van der Waals surface area contributed by atoms with Crippen LogP contribution in [0.2, 0.25) is 5.02 Å². The molecule has 1 unspecified atom stereocenters. The first kappa shape index (κ1) is 38.4. The summed E-state index contributed by atoms with van der Waals surface area (Å²) in [6.07, 6.45) is 7.10. The Morgan fingerprint density at radius 3 is 2.49 bits per heavy atom. The molecule has 2 fully saturated rings. The Morgan fingerprint density at radius 2 is 1.71 bits per heavy atom. The van der Waals surface area contributed by atoms with E-state index in [1.54, 1.807) is 12.3 Å². The maximum atomic E-state index is 9.82. The van der Waals surface area contributed by atoms with Gasteiger partial charge in [0, 0.05) is 74.3 Å². The van der Waals surface area contributed by atoms with Gasteiger partial charge < -0.3 is 28.7 Å². The smallest absolute Gasteiger partial charge is 0.142 e. The Hall–Kier alpha value is -4.92. The number of ether oxygens (including phenoxy) is 3. The fourth-order valence-corrected chi connectivity index (χ4v) is 7.40. The van der Waals surface area contributed by atoms with E-state index < -0.39 is 0 Å². The van der Waals surface area contributed by atoms with Crippen LogP contribution in [0.3, 0.4) is 0 Å². The lowest BCUT2D eigenvalue weighted by Crippen LogP contribution is -2.24. The van der Waals surface area contributed by atoms with E-state index in [0.717, 1.165) is 101 Å². The molecule has 1 saturated heterocycles. The summed E-state index contributed by atoms with van der Waals surface area (Å²) in [5.74, 6) is 3.49. The number of aliphatic hydroxyl groups excluding tert-OH is 1. The van der Waals surface area contributed by atoms with Crippen LogP contribution in [0.1, 0.15) is 76.4 Å². The fraction of sp³-hybridized carbons (Fsp3) is 0.386. The van der Waals surface area contributed by atoms with E-state index in [4.69, 9.17) is 30.3 Å². The molecule has 5 aromatic rings.